The number of unbranched alkanes of at least 4 members (excludes halogenated alkanes) is 4. The summed E-state index contributed by atoms with van der Waals surface area (Å²) in [4.78, 5) is 38.1. The van der Waals surface area contributed by atoms with E-state index in [1.54, 1.807) is 0 Å². The highest BCUT2D eigenvalue weighted by atomic mass is 16.5. The first-order chi connectivity index (χ1) is 14.5. The molecule has 0 N–H and O–H groups in total. The van der Waals surface area contributed by atoms with Crippen LogP contribution in [0.15, 0.2) is 12.2 Å². The van der Waals surface area contributed by atoms with Crippen LogP contribution in [0, 0.1) is 5.92 Å². The van der Waals surface area contributed by atoms with Crippen LogP contribution in [0.4, 0.5) is 0 Å². The van der Waals surface area contributed by atoms with Crippen molar-refractivity contribution in [1.29, 1.82) is 0 Å². The first-order valence-corrected chi connectivity index (χ1v) is 12.3. The summed E-state index contributed by atoms with van der Waals surface area (Å²) >= 11 is 0. The topological polar surface area (TPSA) is 63.7 Å². The molecule has 0 aromatic rings. The highest BCUT2D eigenvalue weighted by Crippen LogP contribution is 2.27. The van der Waals surface area contributed by atoms with Gasteiger partial charge in [0, 0.05) is 36.6 Å². The molecule has 0 aromatic carbocycles. The zero-order valence-electron chi connectivity index (χ0n) is 20.8. The molecule has 0 aromatic heterocycles. The Hall–Kier alpha value is -1.49. The zero-order valence-corrected chi connectivity index (χ0v) is 20.8. The molecule has 0 radical (unpaired) electrons. The lowest BCUT2D eigenvalue weighted by molar-refractivity contribution is -0.144. The van der Waals surface area contributed by atoms with Crippen LogP contribution in [0.1, 0.15) is 112 Å². The standard InChI is InChI=1S/C26H45NO4/c1-7-9-11-12-14-21(13-10-8-2)22(28)17-18-26(5,6)31-20-19-25(3,4)27-23(29)15-16-24(27)30/h15-16,21H,7-14,17-20H2,1-6H3. The predicted octanol–water partition coefficient (Wildman–Crippen LogP) is 6.00. The number of ether oxygens (including phenoxy) is 1. The van der Waals surface area contributed by atoms with Gasteiger partial charge in [-0.3, -0.25) is 19.3 Å². The fourth-order valence-corrected chi connectivity index (χ4v) is 4.12. The minimum absolute atomic E-state index is 0.186. The Morgan fingerprint density at radius 1 is 0.903 bits per heavy atom. The normalized spacial score (nSPS) is 15.7. The van der Waals surface area contributed by atoms with Crippen molar-refractivity contribution in [2.75, 3.05) is 6.61 Å². The molecule has 1 atom stereocenters. The fourth-order valence-electron chi connectivity index (χ4n) is 4.12. The average Bonchev–Trinajstić information content (AvgIpc) is 3.04. The molecule has 5 nitrogen and oxygen atoms in total. The van der Waals surface area contributed by atoms with Crippen molar-refractivity contribution in [2.45, 2.75) is 123 Å². The summed E-state index contributed by atoms with van der Waals surface area (Å²) in [6.07, 6.45) is 13.5. The maximum Gasteiger partial charge on any atom is 0.254 e. The van der Waals surface area contributed by atoms with Crippen molar-refractivity contribution in [3.05, 3.63) is 12.2 Å². The van der Waals surface area contributed by atoms with Crippen molar-refractivity contribution in [2.24, 2.45) is 5.92 Å². The van der Waals surface area contributed by atoms with Crippen LogP contribution < -0.4 is 0 Å². The third-order valence-corrected chi connectivity index (χ3v) is 6.36. The molecule has 0 spiro atoms. The number of carbonyl (C=O) groups is 3. The Bertz CT molecular complexity index is 603. The van der Waals surface area contributed by atoms with Gasteiger partial charge < -0.3 is 4.74 Å². The summed E-state index contributed by atoms with van der Waals surface area (Å²) < 4.78 is 6.10. The van der Waals surface area contributed by atoms with Crippen molar-refractivity contribution >= 4 is 17.6 Å². The summed E-state index contributed by atoms with van der Waals surface area (Å²) in [5.41, 5.74) is -1.02. The first-order valence-electron chi connectivity index (χ1n) is 12.3. The molecule has 1 aliphatic rings. The van der Waals surface area contributed by atoms with Crippen LogP contribution in [0.2, 0.25) is 0 Å². The van der Waals surface area contributed by atoms with E-state index in [2.05, 4.69) is 13.8 Å². The maximum absolute atomic E-state index is 12.9. The van der Waals surface area contributed by atoms with E-state index in [-0.39, 0.29) is 17.7 Å². The Morgan fingerprint density at radius 2 is 1.48 bits per heavy atom. The number of Topliss-reactive ketones (excluding diaryl/α,β-unsaturated/α-hetero) is 1. The molecule has 0 saturated heterocycles. The summed E-state index contributed by atoms with van der Waals surface area (Å²) in [5, 5.41) is 0. The molecule has 31 heavy (non-hydrogen) atoms. The maximum atomic E-state index is 12.9. The van der Waals surface area contributed by atoms with Gasteiger partial charge >= 0.3 is 0 Å². The third kappa shape index (κ3) is 9.67. The summed E-state index contributed by atoms with van der Waals surface area (Å²) in [7, 11) is 0. The van der Waals surface area contributed by atoms with Crippen LogP contribution in [0.3, 0.4) is 0 Å². The summed E-state index contributed by atoms with van der Waals surface area (Å²) in [6.45, 7) is 12.6. The zero-order chi connectivity index (χ0) is 23.5. The Balaban J connectivity index is 2.47. The van der Waals surface area contributed by atoms with Gasteiger partial charge in [0.25, 0.3) is 11.8 Å². The third-order valence-electron chi connectivity index (χ3n) is 6.36. The number of imide groups is 1. The lowest BCUT2D eigenvalue weighted by Crippen LogP contribution is -2.48. The smallest absolute Gasteiger partial charge is 0.254 e. The lowest BCUT2D eigenvalue weighted by atomic mass is 9.87. The lowest BCUT2D eigenvalue weighted by Gasteiger charge is -2.35. The number of ketones is 1. The quantitative estimate of drug-likeness (QED) is 0.208. The SMILES string of the molecule is CCCCCCC(CCCC)C(=O)CCC(C)(C)OCCC(C)(C)N1C(=O)C=CC1=O. The van der Waals surface area contributed by atoms with Crippen LogP contribution in [-0.2, 0) is 19.1 Å². The Labute approximate surface area is 190 Å². The van der Waals surface area contributed by atoms with Gasteiger partial charge in [0.2, 0.25) is 0 Å². The molecule has 0 saturated carbocycles. The molecule has 0 aliphatic carbocycles. The predicted molar refractivity (Wildman–Crippen MR) is 126 cm³/mol. The van der Waals surface area contributed by atoms with Crippen LogP contribution in [-0.4, -0.2) is 40.2 Å². The van der Waals surface area contributed by atoms with Crippen molar-refractivity contribution < 1.29 is 19.1 Å². The van der Waals surface area contributed by atoms with E-state index in [0.29, 0.717) is 31.7 Å². The molecule has 5 heteroatoms. The van der Waals surface area contributed by atoms with Crippen LogP contribution >= 0.6 is 0 Å². The molecular weight excluding hydrogens is 390 g/mol. The van der Waals surface area contributed by atoms with Crippen molar-refractivity contribution in [3.63, 3.8) is 0 Å². The van der Waals surface area contributed by atoms with E-state index in [0.717, 1.165) is 32.1 Å². The molecule has 178 valence electrons. The second-order valence-corrected chi connectivity index (χ2v) is 10.2. The van der Waals surface area contributed by atoms with E-state index >= 15 is 0 Å². The highest BCUT2D eigenvalue weighted by Gasteiger charge is 2.37. The number of hydrogen-bond donors (Lipinski definition) is 0. The van der Waals surface area contributed by atoms with Crippen molar-refractivity contribution in [1.82, 2.24) is 4.90 Å². The Morgan fingerprint density at radius 3 is 2.06 bits per heavy atom. The number of rotatable bonds is 17. The highest BCUT2D eigenvalue weighted by molar-refractivity contribution is 6.13. The minimum Gasteiger partial charge on any atom is -0.375 e. The monoisotopic (exact) mass is 435 g/mol. The van der Waals surface area contributed by atoms with Gasteiger partial charge in [0.15, 0.2) is 0 Å². The molecule has 0 fully saturated rings. The van der Waals surface area contributed by atoms with Gasteiger partial charge in [-0.15, -0.1) is 0 Å². The van der Waals surface area contributed by atoms with Gasteiger partial charge in [0.05, 0.1) is 5.60 Å². The second-order valence-electron chi connectivity index (χ2n) is 10.2. The molecule has 1 aliphatic heterocycles. The second kappa shape index (κ2) is 13.1. The Kier molecular flexibility index (Phi) is 11.7. The van der Waals surface area contributed by atoms with Gasteiger partial charge in [-0.05, 0) is 53.4 Å². The molecular formula is C26H45NO4. The molecule has 0 bridgehead atoms. The molecule has 1 rings (SSSR count). The number of carbonyl (C=O) groups excluding carboxylic acids is 3. The number of amides is 2. The minimum atomic E-state index is -0.604. The van der Waals surface area contributed by atoms with Gasteiger partial charge in [-0.2, -0.15) is 0 Å². The molecule has 1 unspecified atom stereocenters. The van der Waals surface area contributed by atoms with Crippen molar-refractivity contribution in [3.8, 4) is 0 Å². The van der Waals surface area contributed by atoms with E-state index in [1.165, 1.54) is 36.3 Å². The summed E-state index contributed by atoms with van der Waals surface area (Å²) in [5.74, 6) is 0.0290. The van der Waals surface area contributed by atoms with Gasteiger partial charge in [-0.1, -0.05) is 52.4 Å². The first kappa shape index (κ1) is 27.5. The average molecular weight is 436 g/mol. The molecule has 1 heterocycles. The van der Waals surface area contributed by atoms with Gasteiger partial charge in [0.1, 0.15) is 5.78 Å². The van der Waals surface area contributed by atoms with Gasteiger partial charge in [-0.25, -0.2) is 0 Å². The van der Waals surface area contributed by atoms with Crippen LogP contribution in [0.25, 0.3) is 0 Å². The number of hydrogen-bond acceptors (Lipinski definition) is 4. The molecule has 2 amide bonds. The van der Waals surface area contributed by atoms with Crippen LogP contribution in [0.5, 0.6) is 0 Å². The van der Waals surface area contributed by atoms with E-state index in [1.807, 2.05) is 27.7 Å². The van der Waals surface area contributed by atoms with E-state index in [9.17, 15) is 14.4 Å². The largest absolute Gasteiger partial charge is 0.375 e. The fraction of sp³-hybridized carbons (Fsp3) is 0.808. The summed E-state index contributed by atoms with van der Waals surface area (Å²) in [6, 6.07) is 0. The van der Waals surface area contributed by atoms with E-state index < -0.39 is 11.1 Å². The number of nitrogens with zero attached hydrogens (tertiary/aromatic N) is 1. The van der Waals surface area contributed by atoms with E-state index in [4.69, 9.17) is 4.74 Å².